The predicted octanol–water partition coefficient (Wildman–Crippen LogP) is 19.4. The van der Waals surface area contributed by atoms with E-state index in [2.05, 4.69) is 55.4 Å². The maximum Gasteiger partial charge on any atom is 3.00 e. The number of hydrogen-bond acceptors (Lipinski definition) is 0. The molecular weight excluding hydrogens is 1330 g/mol. The van der Waals surface area contributed by atoms with Crippen LogP contribution in [0.4, 0.5) is 119 Å². The quantitative estimate of drug-likeness (QED) is 0.0675. The maximum atomic E-state index is 14.2. The maximum absolute atomic E-state index is 14.2. The molecule has 86 heavy (non-hydrogen) atoms. The fraction of sp³-hybridized carbons (Fsp3) is 0.321. The van der Waals surface area contributed by atoms with E-state index in [1.807, 2.05) is 0 Å². The third-order valence-corrected chi connectivity index (χ3v) is 16.1. The number of rotatable bonds is 6. The number of benzene rings is 6. The zero-order valence-corrected chi connectivity index (χ0v) is 47.4. The molecule has 0 amide bonds. The Kier molecular flexibility index (Phi) is 24.5. The molecule has 0 aromatic heterocycles. The van der Waals surface area contributed by atoms with Crippen LogP contribution in [0.1, 0.15) is 86.1 Å². The molecule has 6 aromatic rings. The van der Waals surface area contributed by atoms with Crippen LogP contribution in [-0.4, -0.2) is 22.6 Å². The van der Waals surface area contributed by atoms with Crippen molar-refractivity contribution in [2.24, 2.45) is 5.92 Å². The van der Waals surface area contributed by atoms with Gasteiger partial charge in [-0.1, -0.05) is 121 Å². The van der Waals surface area contributed by atoms with Crippen molar-refractivity contribution in [2.75, 3.05) is 6.16 Å². The first-order valence-corrected chi connectivity index (χ1v) is 25.4. The molecule has 0 spiro atoms. The fourth-order valence-electron chi connectivity index (χ4n) is 8.76. The first-order valence-electron chi connectivity index (χ1n) is 23.9. The summed E-state index contributed by atoms with van der Waals surface area (Å²) in [7, 11) is -0.00720. The zero-order valence-electron chi connectivity index (χ0n) is 44.9. The summed E-state index contributed by atoms with van der Waals surface area (Å²) in [5.74, 6) is -0.915. The third-order valence-electron chi connectivity index (χ3n) is 12.0. The van der Waals surface area contributed by atoms with Gasteiger partial charge in [-0.15, -0.1) is 7.92 Å². The van der Waals surface area contributed by atoms with Gasteiger partial charge in [0.25, 0.3) is 0 Å². The summed E-state index contributed by atoms with van der Waals surface area (Å²) < 4.78 is 377. The molecule has 0 heterocycles. The number of hydrogen-bond donors (Lipinski definition) is 0. The van der Waals surface area contributed by atoms with Gasteiger partial charge in [0.1, 0.15) is 23.6 Å². The Balaban J connectivity index is 0.000000703. The fourth-order valence-corrected chi connectivity index (χ4v) is 12.4. The van der Waals surface area contributed by atoms with E-state index in [0.29, 0.717) is 16.2 Å². The summed E-state index contributed by atoms with van der Waals surface area (Å²) >= 11 is 0. The first-order chi connectivity index (χ1) is 38.0. The summed E-state index contributed by atoms with van der Waals surface area (Å²) in [5.41, 5.74) is -30.2. The van der Waals surface area contributed by atoms with Crippen molar-refractivity contribution in [3.63, 3.8) is 0 Å². The van der Waals surface area contributed by atoms with Crippen LogP contribution in [0, 0.1) is 37.2 Å². The minimum atomic E-state index is -6.13. The SMILES string of the molecule is FC(F)(F)c1cc([B-](c2cc(C(F)(F)F)cc(C(F)(F)F)c2)(c2cc(C(F)(F)F)cc(C(F)(F)F)c2)c2cc(C(F)(F)F)cc(C(F)(F)F)c2)cc(C(F)(F)F)c1.Fc1cccc(F)c1.Fc1ccccc1.[CH2-]C([CH2-])CP(C(C)(C)C)C(C)(C)C.[Rh+3]. The van der Waals surface area contributed by atoms with Crippen LogP contribution in [0.15, 0.2) is 127 Å². The second kappa shape index (κ2) is 27.5. The molecule has 0 fully saturated rings. The summed E-state index contributed by atoms with van der Waals surface area (Å²) in [6.45, 7) is 22.1. The van der Waals surface area contributed by atoms with Crippen LogP contribution < -0.4 is 21.9 Å². The number of alkyl halides is 24. The van der Waals surface area contributed by atoms with Crippen LogP contribution >= 0.6 is 7.92 Å². The van der Waals surface area contributed by atoms with Gasteiger partial charge in [-0.2, -0.15) is 127 Å². The molecule has 0 nitrogen and oxygen atoms in total. The van der Waals surface area contributed by atoms with Crippen molar-refractivity contribution in [3.8, 4) is 0 Å². The summed E-state index contributed by atoms with van der Waals surface area (Å²) in [5, 5.41) is 0.836. The molecule has 0 aliphatic carbocycles. The van der Waals surface area contributed by atoms with E-state index in [9.17, 15) is 119 Å². The van der Waals surface area contributed by atoms with E-state index in [1.165, 1.54) is 36.5 Å². The average Bonchev–Trinajstić information content (AvgIpc) is 0.771. The van der Waals surface area contributed by atoms with Gasteiger partial charge in [-0.3, -0.25) is 0 Å². The molecule has 0 aliphatic rings. The van der Waals surface area contributed by atoms with Crippen molar-refractivity contribution < 1.29 is 138 Å². The smallest absolute Gasteiger partial charge is 0.369 e. The second-order valence-electron chi connectivity index (χ2n) is 20.8. The topological polar surface area (TPSA) is 0 Å². The normalized spacial score (nSPS) is 13.2. The Morgan fingerprint density at radius 1 is 0.314 bits per heavy atom. The average molecular weight is 1380 g/mol. The first kappa shape index (κ1) is 76.6. The summed E-state index contributed by atoms with van der Waals surface area (Å²) in [6.07, 6.45) is -53.6. The molecule has 0 N–H and O–H groups in total. The molecule has 0 unspecified atom stereocenters. The second-order valence-corrected chi connectivity index (χ2v) is 24.7. The Bertz CT molecular complexity index is 2700. The van der Waals surface area contributed by atoms with Gasteiger partial charge in [-0.25, -0.2) is 13.2 Å². The molecule has 6 aromatic carbocycles. The molecule has 6 rings (SSSR count). The monoisotopic (exact) mass is 1380 g/mol. The Hall–Kier alpha value is -5.45. The van der Waals surface area contributed by atoms with E-state index in [1.54, 1.807) is 18.2 Å². The molecule has 476 valence electrons. The zero-order chi connectivity index (χ0) is 65.9. The van der Waals surface area contributed by atoms with Gasteiger partial charge in [-0.05, 0) is 58.8 Å². The van der Waals surface area contributed by atoms with Crippen molar-refractivity contribution >= 4 is 35.9 Å². The van der Waals surface area contributed by atoms with E-state index in [-0.39, 0.29) is 33.2 Å². The predicted molar refractivity (Wildman–Crippen MR) is 268 cm³/mol. The standard InChI is InChI=1S/C32H12BF24.C12H25P.C6H4F2.C6H5F.Rh/c34-25(35,36)13-1-14(26(37,38)39)6-21(5-13)33(22-7-15(27(40,41)42)2-16(8-22)28(43,44)45,23-9-17(29(46,47)48)3-18(10-23)30(49,50)51)24-11-19(31(52,53)54)4-20(12-24)32(55,56)57;1-10(2)9-13(11(3,4)5)12(6,7)8;7-5-2-1-3-6(8)4-5;7-6-4-2-1-3-5-6;/h1-12H;10H,1-2,9H2,3-8H3;1-4H;1-5H;/q-1;-2;;;+3. The van der Waals surface area contributed by atoms with Crippen LogP contribution in [0.3, 0.4) is 0 Å². The summed E-state index contributed by atoms with van der Waals surface area (Å²) in [4.78, 5) is 0. The van der Waals surface area contributed by atoms with Gasteiger partial charge >= 0.3 is 68.9 Å². The molecule has 0 aliphatic heterocycles. The van der Waals surface area contributed by atoms with Crippen LogP contribution in [0.5, 0.6) is 0 Å². The summed E-state index contributed by atoms with van der Waals surface area (Å²) in [6, 6.07) is 3.68. The van der Waals surface area contributed by atoms with Crippen LogP contribution in [0.2, 0.25) is 0 Å². The molecule has 0 atom stereocenters. The minimum absolute atomic E-state index is 0. The van der Waals surface area contributed by atoms with Gasteiger partial charge in [0.2, 0.25) is 0 Å². The number of halogens is 27. The van der Waals surface area contributed by atoms with Gasteiger partial charge in [0.05, 0.1) is 44.5 Å². The van der Waals surface area contributed by atoms with Crippen molar-refractivity contribution in [1.82, 2.24) is 0 Å². The van der Waals surface area contributed by atoms with Crippen molar-refractivity contribution in [3.05, 3.63) is 203 Å². The van der Waals surface area contributed by atoms with E-state index in [4.69, 9.17) is 0 Å². The molecule has 0 saturated carbocycles. The van der Waals surface area contributed by atoms with E-state index in [0.717, 1.165) is 6.07 Å². The van der Waals surface area contributed by atoms with Gasteiger partial charge in [0.15, 0.2) is 0 Å². The van der Waals surface area contributed by atoms with Crippen molar-refractivity contribution in [1.29, 1.82) is 0 Å². The molecule has 0 radical (unpaired) electrons. The molecule has 30 heteroatoms. The largest absolute Gasteiger partial charge is 3.00 e. The van der Waals surface area contributed by atoms with Crippen molar-refractivity contribution in [2.45, 2.75) is 101 Å². The molecule has 0 saturated heterocycles. The Morgan fingerprint density at radius 3 is 0.628 bits per heavy atom. The minimum Gasteiger partial charge on any atom is -0.369 e. The Morgan fingerprint density at radius 2 is 0.512 bits per heavy atom. The van der Waals surface area contributed by atoms with E-state index < -0.39 is 206 Å². The molecular formula is C56H46BF27PRh. The van der Waals surface area contributed by atoms with Gasteiger partial charge < -0.3 is 19.8 Å². The third kappa shape index (κ3) is 21.4. The Labute approximate surface area is 489 Å². The molecule has 0 bridgehead atoms. The van der Waals surface area contributed by atoms with Crippen LogP contribution in [0.25, 0.3) is 0 Å². The van der Waals surface area contributed by atoms with E-state index >= 15 is 0 Å². The van der Waals surface area contributed by atoms with Gasteiger partial charge in [0, 0.05) is 6.07 Å². The van der Waals surface area contributed by atoms with Crippen LogP contribution in [-0.2, 0) is 68.9 Å².